The normalized spacial score (nSPS) is 13.4. The van der Waals surface area contributed by atoms with Gasteiger partial charge in [0.25, 0.3) is 0 Å². The highest BCUT2D eigenvalue weighted by atomic mass is 19.4. The second kappa shape index (κ2) is 6.04. The van der Waals surface area contributed by atoms with Crippen molar-refractivity contribution in [2.24, 2.45) is 0 Å². The predicted molar refractivity (Wildman–Crippen MR) is 57.8 cm³/mol. The monoisotopic (exact) mass is 266 g/mol. The van der Waals surface area contributed by atoms with Crippen molar-refractivity contribution in [3.8, 4) is 5.75 Å². The van der Waals surface area contributed by atoms with E-state index in [1.54, 1.807) is 0 Å². The van der Waals surface area contributed by atoms with Crippen molar-refractivity contribution in [3.63, 3.8) is 0 Å². The van der Waals surface area contributed by atoms with E-state index in [2.05, 4.69) is 0 Å². The molecule has 1 aromatic carbocycles. The number of benzene rings is 1. The molecule has 0 saturated carbocycles. The molecule has 0 unspecified atom stereocenters. The summed E-state index contributed by atoms with van der Waals surface area (Å²) in [6.07, 6.45) is -6.25. The Labute approximate surface area is 102 Å². The van der Waals surface area contributed by atoms with Crippen molar-refractivity contribution in [3.05, 3.63) is 29.6 Å². The molecule has 0 fully saturated rings. The molecule has 102 valence electrons. The van der Waals surface area contributed by atoms with Crippen LogP contribution in [0.3, 0.4) is 0 Å². The van der Waals surface area contributed by atoms with Gasteiger partial charge in [-0.25, -0.2) is 4.39 Å². The number of hydrogen-bond donors (Lipinski definition) is 1. The molecule has 0 saturated heterocycles. The summed E-state index contributed by atoms with van der Waals surface area (Å²) in [5, 5.41) is 9.19. The highest BCUT2D eigenvalue weighted by Crippen LogP contribution is 2.23. The zero-order valence-electron chi connectivity index (χ0n) is 9.80. The van der Waals surface area contributed by atoms with Crippen LogP contribution < -0.4 is 4.74 Å². The topological polar surface area (TPSA) is 29.5 Å². The smallest absolute Gasteiger partial charge is 0.389 e. The van der Waals surface area contributed by atoms with E-state index in [1.807, 2.05) is 0 Å². The maximum atomic E-state index is 13.4. The number of rotatable bonds is 5. The van der Waals surface area contributed by atoms with Crippen molar-refractivity contribution >= 4 is 0 Å². The minimum Gasteiger partial charge on any atom is -0.493 e. The van der Waals surface area contributed by atoms with Gasteiger partial charge in [0, 0.05) is 18.1 Å². The van der Waals surface area contributed by atoms with E-state index in [0.29, 0.717) is 0 Å². The van der Waals surface area contributed by atoms with E-state index in [4.69, 9.17) is 4.74 Å². The van der Waals surface area contributed by atoms with Crippen molar-refractivity contribution < 1.29 is 27.4 Å². The first-order valence-corrected chi connectivity index (χ1v) is 5.46. The van der Waals surface area contributed by atoms with E-state index in [-0.39, 0.29) is 24.3 Å². The molecule has 18 heavy (non-hydrogen) atoms. The number of alkyl halides is 3. The zero-order valence-corrected chi connectivity index (χ0v) is 9.80. The summed E-state index contributed by atoms with van der Waals surface area (Å²) in [6, 6.07) is 3.81. The molecule has 0 radical (unpaired) electrons. The first-order chi connectivity index (χ1) is 8.29. The highest BCUT2D eigenvalue weighted by molar-refractivity contribution is 5.29. The first-order valence-electron chi connectivity index (χ1n) is 5.46. The van der Waals surface area contributed by atoms with E-state index in [0.717, 1.165) is 6.07 Å². The molecule has 1 N–H and O–H groups in total. The van der Waals surface area contributed by atoms with Crippen LogP contribution in [0, 0.1) is 5.82 Å². The van der Waals surface area contributed by atoms with Gasteiger partial charge in [-0.2, -0.15) is 13.2 Å². The van der Waals surface area contributed by atoms with Crippen LogP contribution in [0.15, 0.2) is 18.2 Å². The summed E-state index contributed by atoms with van der Waals surface area (Å²) in [7, 11) is 0. The minimum absolute atomic E-state index is 0.123. The lowest BCUT2D eigenvalue weighted by atomic mass is 10.1. The van der Waals surface area contributed by atoms with Gasteiger partial charge in [0.2, 0.25) is 0 Å². The molecule has 0 amide bonds. The Bertz CT molecular complexity index is 388. The number of hydrogen-bond acceptors (Lipinski definition) is 2. The highest BCUT2D eigenvalue weighted by Gasteiger charge is 2.26. The molecule has 1 atom stereocenters. The lowest BCUT2D eigenvalue weighted by Gasteiger charge is -2.10. The van der Waals surface area contributed by atoms with Crippen LogP contribution in [0.2, 0.25) is 0 Å². The molecule has 1 rings (SSSR count). The summed E-state index contributed by atoms with van der Waals surface area (Å²) >= 11 is 0. The fraction of sp³-hybridized carbons (Fsp3) is 0.500. The Morgan fingerprint density at radius 2 is 2.00 bits per heavy atom. The van der Waals surface area contributed by atoms with Crippen molar-refractivity contribution in [1.29, 1.82) is 0 Å². The van der Waals surface area contributed by atoms with Crippen LogP contribution in [-0.4, -0.2) is 17.9 Å². The molecular formula is C12H14F4O2. The Morgan fingerprint density at radius 1 is 1.33 bits per heavy atom. The largest absolute Gasteiger partial charge is 0.493 e. The average molecular weight is 266 g/mol. The van der Waals surface area contributed by atoms with Gasteiger partial charge in [0.05, 0.1) is 12.7 Å². The predicted octanol–water partition coefficient (Wildman–Crippen LogP) is 3.60. The summed E-state index contributed by atoms with van der Waals surface area (Å²) < 4.78 is 53.9. The van der Waals surface area contributed by atoms with Crippen LogP contribution in [0.25, 0.3) is 0 Å². The van der Waals surface area contributed by atoms with Crippen LogP contribution in [0.5, 0.6) is 5.75 Å². The third-order valence-electron chi connectivity index (χ3n) is 2.30. The fourth-order valence-corrected chi connectivity index (χ4v) is 1.40. The Kier molecular flexibility index (Phi) is 4.95. The number of halogens is 4. The maximum Gasteiger partial charge on any atom is 0.389 e. The molecule has 0 aliphatic carbocycles. The fourth-order valence-electron chi connectivity index (χ4n) is 1.40. The van der Waals surface area contributed by atoms with E-state index in [9.17, 15) is 22.7 Å². The lowest BCUT2D eigenvalue weighted by molar-refractivity contribution is -0.136. The summed E-state index contributed by atoms with van der Waals surface area (Å²) in [5.74, 6) is -0.489. The van der Waals surface area contributed by atoms with Crippen LogP contribution in [-0.2, 0) is 0 Å². The standard InChI is InChI=1S/C12H14F4O2/c1-8(17)10-4-3-9(7-11(10)13)18-6-2-5-12(14,15)16/h3-4,7-8,17H,2,5-6H2,1H3/t8-/m0/s1. The van der Waals surface area contributed by atoms with Crippen LogP contribution >= 0.6 is 0 Å². The van der Waals surface area contributed by atoms with E-state index in [1.165, 1.54) is 19.1 Å². The van der Waals surface area contributed by atoms with Crippen molar-refractivity contribution in [1.82, 2.24) is 0 Å². The molecule has 0 aliphatic heterocycles. The van der Waals surface area contributed by atoms with Crippen molar-refractivity contribution in [2.45, 2.75) is 32.0 Å². The summed E-state index contributed by atoms with van der Waals surface area (Å²) in [4.78, 5) is 0. The average Bonchev–Trinajstić information content (AvgIpc) is 2.22. The maximum absolute atomic E-state index is 13.4. The number of aliphatic hydroxyl groups is 1. The van der Waals surface area contributed by atoms with E-state index < -0.39 is 24.5 Å². The zero-order chi connectivity index (χ0) is 13.8. The van der Waals surface area contributed by atoms with E-state index >= 15 is 0 Å². The lowest BCUT2D eigenvalue weighted by Crippen LogP contribution is -2.09. The quantitative estimate of drug-likeness (QED) is 0.651. The van der Waals surface area contributed by atoms with Gasteiger partial charge < -0.3 is 9.84 Å². The van der Waals surface area contributed by atoms with Gasteiger partial charge >= 0.3 is 6.18 Å². The summed E-state index contributed by atoms with van der Waals surface area (Å²) in [5.41, 5.74) is 0.123. The molecule has 0 aromatic heterocycles. The molecule has 6 heteroatoms. The van der Waals surface area contributed by atoms with Gasteiger partial charge in [0.1, 0.15) is 11.6 Å². The number of aliphatic hydroxyl groups excluding tert-OH is 1. The second-order valence-corrected chi connectivity index (χ2v) is 3.93. The molecule has 0 bridgehead atoms. The minimum atomic E-state index is -4.20. The SMILES string of the molecule is C[C@H](O)c1ccc(OCCCC(F)(F)F)cc1F. The van der Waals surface area contributed by atoms with Gasteiger partial charge in [-0.1, -0.05) is 0 Å². The Morgan fingerprint density at radius 3 is 2.50 bits per heavy atom. The molecule has 0 heterocycles. The van der Waals surface area contributed by atoms with Crippen LogP contribution in [0.1, 0.15) is 31.4 Å². The van der Waals surface area contributed by atoms with Gasteiger partial charge in [0.15, 0.2) is 0 Å². The first kappa shape index (κ1) is 14.8. The number of ether oxygens (including phenoxy) is 1. The Hall–Kier alpha value is -1.30. The molecule has 2 nitrogen and oxygen atoms in total. The van der Waals surface area contributed by atoms with Gasteiger partial charge in [-0.05, 0) is 25.5 Å². The van der Waals surface area contributed by atoms with Gasteiger partial charge in [-0.15, -0.1) is 0 Å². The third kappa shape index (κ3) is 4.91. The van der Waals surface area contributed by atoms with Crippen LogP contribution in [0.4, 0.5) is 17.6 Å². The second-order valence-electron chi connectivity index (χ2n) is 3.93. The molecule has 0 spiro atoms. The molecule has 0 aliphatic rings. The van der Waals surface area contributed by atoms with Gasteiger partial charge in [-0.3, -0.25) is 0 Å². The molecular weight excluding hydrogens is 252 g/mol. The van der Waals surface area contributed by atoms with Crippen molar-refractivity contribution in [2.75, 3.05) is 6.61 Å². The summed E-state index contributed by atoms with van der Waals surface area (Å²) in [6.45, 7) is 1.29. The third-order valence-corrected chi connectivity index (χ3v) is 2.30. The molecule has 1 aromatic rings. The Balaban J connectivity index is 2.47.